The number of fused-ring (bicyclic) bond motifs is 2. The van der Waals surface area contributed by atoms with E-state index < -0.39 is 16.2 Å². The normalized spacial score (nSPS) is 43.4. The lowest BCUT2D eigenvalue weighted by atomic mass is 9.29. The third kappa shape index (κ3) is 2.45. The highest BCUT2D eigenvalue weighted by atomic mass is 16.2. The summed E-state index contributed by atoms with van der Waals surface area (Å²) in [5, 5.41) is 0. The molecule has 0 aromatic heterocycles. The maximum absolute atomic E-state index is 14.8. The van der Waals surface area contributed by atoms with E-state index in [1.54, 1.807) is 0 Å². The van der Waals surface area contributed by atoms with Crippen molar-refractivity contribution in [3.8, 4) is 0 Å². The van der Waals surface area contributed by atoms with E-state index in [0.29, 0.717) is 18.8 Å². The van der Waals surface area contributed by atoms with Crippen LogP contribution in [-0.2, 0) is 14.4 Å². The second kappa shape index (κ2) is 6.89. The van der Waals surface area contributed by atoms with Gasteiger partial charge in [0, 0.05) is 17.3 Å². The van der Waals surface area contributed by atoms with E-state index in [1.165, 1.54) is 11.1 Å². The van der Waals surface area contributed by atoms with Crippen LogP contribution in [0.4, 0.5) is 0 Å². The molecule has 0 radical (unpaired) electrons. The summed E-state index contributed by atoms with van der Waals surface area (Å²) in [6, 6.07) is 0. The molecule has 0 N–H and O–H groups in total. The SMILES string of the molecule is CC(C)=C[C@@H]1[C@H]2C(C)=CC[C@]34CC[C@@H]5C(=CCCC5(C)C)C[C@]23C(=O)C(=O)[C@@]1(C(C)C)C4=O. The first-order valence-electron chi connectivity index (χ1n) is 13.0. The number of carbonyl (C=O) groups is 3. The molecule has 6 rings (SSSR count). The topological polar surface area (TPSA) is 51.2 Å². The molecule has 0 aliphatic heterocycles. The van der Waals surface area contributed by atoms with Crippen molar-refractivity contribution in [2.24, 2.45) is 45.3 Å². The van der Waals surface area contributed by atoms with Crippen molar-refractivity contribution in [2.45, 2.75) is 87.0 Å². The fraction of sp³-hybridized carbons (Fsp3) is 0.700. The first kappa shape index (κ1) is 23.0. The van der Waals surface area contributed by atoms with Gasteiger partial charge in [-0.25, -0.2) is 0 Å². The van der Waals surface area contributed by atoms with Crippen molar-refractivity contribution in [2.75, 3.05) is 0 Å². The first-order chi connectivity index (χ1) is 15.4. The average Bonchev–Trinajstić information content (AvgIpc) is 2.87. The van der Waals surface area contributed by atoms with Gasteiger partial charge >= 0.3 is 0 Å². The summed E-state index contributed by atoms with van der Waals surface area (Å²) in [5.41, 5.74) is 0.941. The van der Waals surface area contributed by atoms with Gasteiger partial charge in [0.05, 0.1) is 5.41 Å². The number of ketones is 3. The molecule has 4 saturated carbocycles. The lowest BCUT2D eigenvalue weighted by Gasteiger charge is -2.69. The van der Waals surface area contributed by atoms with Gasteiger partial charge in [0.15, 0.2) is 5.78 Å². The number of hydrogen-bond acceptors (Lipinski definition) is 3. The van der Waals surface area contributed by atoms with E-state index >= 15 is 0 Å². The molecule has 1 spiro atoms. The standard InChI is InChI=1S/C30H40O3/c1-17(2)15-22-23-19(5)10-13-28-14-11-21-20(9-8-12-27(21,6)7)16-29(23,28)24(31)25(32)30(22,18(3)4)26(28)33/h9-10,15,18,21-23H,8,11-14,16H2,1-7H3/t21-,22-,23-,28-,29-,30+/m1/s1. The summed E-state index contributed by atoms with van der Waals surface area (Å²) < 4.78 is 0. The molecule has 4 fully saturated rings. The zero-order chi connectivity index (χ0) is 24.1. The van der Waals surface area contributed by atoms with Crippen LogP contribution in [0.25, 0.3) is 0 Å². The molecule has 3 heteroatoms. The van der Waals surface area contributed by atoms with Gasteiger partial charge in [0.25, 0.3) is 0 Å². The van der Waals surface area contributed by atoms with Gasteiger partial charge in [-0.05, 0) is 76.5 Å². The van der Waals surface area contributed by atoms with E-state index in [0.717, 1.165) is 31.3 Å². The second-order valence-corrected chi connectivity index (χ2v) is 13.0. The predicted octanol–water partition coefficient (Wildman–Crippen LogP) is 6.43. The minimum Gasteiger partial charge on any atom is -0.298 e. The quantitative estimate of drug-likeness (QED) is 0.278. The maximum Gasteiger partial charge on any atom is 0.213 e. The zero-order valence-electron chi connectivity index (χ0n) is 21.5. The van der Waals surface area contributed by atoms with Crippen LogP contribution in [-0.4, -0.2) is 17.3 Å². The van der Waals surface area contributed by atoms with Crippen LogP contribution in [0.3, 0.4) is 0 Å². The Kier molecular flexibility index (Phi) is 4.80. The number of carbonyl (C=O) groups excluding carboxylic acids is 3. The lowest BCUT2D eigenvalue weighted by Crippen LogP contribution is -2.79. The Hall–Kier alpha value is -1.77. The smallest absolute Gasteiger partial charge is 0.213 e. The molecular weight excluding hydrogens is 408 g/mol. The minimum absolute atomic E-state index is 0.0730. The number of rotatable bonds is 2. The van der Waals surface area contributed by atoms with E-state index in [1.807, 2.05) is 13.8 Å². The van der Waals surface area contributed by atoms with E-state index in [9.17, 15) is 14.4 Å². The van der Waals surface area contributed by atoms with Gasteiger partial charge in [0.1, 0.15) is 5.41 Å². The summed E-state index contributed by atoms with van der Waals surface area (Å²) >= 11 is 0. The molecule has 6 atom stereocenters. The predicted molar refractivity (Wildman–Crippen MR) is 130 cm³/mol. The Labute approximate surface area is 199 Å². The fourth-order valence-electron chi connectivity index (χ4n) is 9.26. The second-order valence-electron chi connectivity index (χ2n) is 13.0. The third-order valence-electron chi connectivity index (χ3n) is 10.7. The maximum atomic E-state index is 14.8. The zero-order valence-corrected chi connectivity index (χ0v) is 21.5. The largest absolute Gasteiger partial charge is 0.298 e. The molecule has 6 aliphatic rings. The molecular formula is C30H40O3. The van der Waals surface area contributed by atoms with Gasteiger partial charge in [-0.2, -0.15) is 0 Å². The molecule has 6 aliphatic carbocycles. The van der Waals surface area contributed by atoms with Crippen molar-refractivity contribution < 1.29 is 14.4 Å². The summed E-state index contributed by atoms with van der Waals surface area (Å²) in [4.78, 5) is 43.3. The lowest BCUT2D eigenvalue weighted by molar-refractivity contribution is -0.203. The average molecular weight is 449 g/mol. The molecule has 0 heterocycles. The van der Waals surface area contributed by atoms with Crippen molar-refractivity contribution in [3.63, 3.8) is 0 Å². The molecule has 33 heavy (non-hydrogen) atoms. The first-order valence-corrected chi connectivity index (χ1v) is 13.0. The molecule has 0 aromatic carbocycles. The van der Waals surface area contributed by atoms with E-state index in [4.69, 9.17) is 0 Å². The third-order valence-corrected chi connectivity index (χ3v) is 10.7. The van der Waals surface area contributed by atoms with Gasteiger partial charge < -0.3 is 0 Å². The number of Topliss-reactive ketones (excluding diaryl/α,β-unsaturated/α-hetero) is 3. The molecule has 0 saturated heterocycles. The van der Waals surface area contributed by atoms with Crippen LogP contribution in [0.15, 0.2) is 34.9 Å². The Balaban J connectivity index is 1.85. The molecule has 4 bridgehead atoms. The van der Waals surface area contributed by atoms with Crippen molar-refractivity contribution >= 4 is 17.3 Å². The van der Waals surface area contributed by atoms with Crippen LogP contribution in [0.5, 0.6) is 0 Å². The fourth-order valence-corrected chi connectivity index (χ4v) is 9.26. The highest BCUT2D eigenvalue weighted by Crippen LogP contribution is 2.76. The summed E-state index contributed by atoms with van der Waals surface area (Å²) in [6.07, 6.45) is 11.8. The molecule has 0 amide bonds. The van der Waals surface area contributed by atoms with Gasteiger partial charge in [0.2, 0.25) is 11.6 Å². The summed E-state index contributed by atoms with van der Waals surface area (Å²) in [7, 11) is 0. The molecule has 0 aromatic rings. The minimum atomic E-state index is -1.23. The van der Waals surface area contributed by atoms with E-state index in [2.05, 4.69) is 52.8 Å². The Morgan fingerprint density at radius 2 is 1.76 bits per heavy atom. The van der Waals surface area contributed by atoms with Crippen LogP contribution in [0.1, 0.15) is 87.0 Å². The molecule has 178 valence electrons. The van der Waals surface area contributed by atoms with E-state index in [-0.39, 0.29) is 40.5 Å². The summed E-state index contributed by atoms with van der Waals surface area (Å²) in [6.45, 7) is 14.9. The Morgan fingerprint density at radius 3 is 2.39 bits per heavy atom. The van der Waals surface area contributed by atoms with Crippen molar-refractivity contribution in [1.29, 1.82) is 0 Å². The van der Waals surface area contributed by atoms with Crippen LogP contribution < -0.4 is 0 Å². The van der Waals surface area contributed by atoms with Crippen LogP contribution in [0, 0.1) is 45.3 Å². The highest BCUT2D eigenvalue weighted by molar-refractivity contribution is 6.49. The van der Waals surface area contributed by atoms with Crippen LogP contribution >= 0.6 is 0 Å². The van der Waals surface area contributed by atoms with Crippen LogP contribution in [0.2, 0.25) is 0 Å². The van der Waals surface area contributed by atoms with Gasteiger partial charge in [-0.15, -0.1) is 0 Å². The van der Waals surface area contributed by atoms with Crippen molar-refractivity contribution in [1.82, 2.24) is 0 Å². The van der Waals surface area contributed by atoms with Gasteiger partial charge in [-0.1, -0.05) is 62.6 Å². The number of hydrogen-bond donors (Lipinski definition) is 0. The summed E-state index contributed by atoms with van der Waals surface area (Å²) in [5.74, 6) is -0.651. The van der Waals surface area contributed by atoms with Crippen molar-refractivity contribution in [3.05, 3.63) is 34.9 Å². The molecule has 3 nitrogen and oxygen atoms in total. The highest BCUT2D eigenvalue weighted by Gasteiger charge is 2.83. The van der Waals surface area contributed by atoms with Gasteiger partial charge in [-0.3, -0.25) is 14.4 Å². The molecule has 0 unspecified atom stereocenters. The number of allylic oxidation sites excluding steroid dienone is 6. The monoisotopic (exact) mass is 448 g/mol. The Morgan fingerprint density at radius 1 is 1.06 bits per heavy atom. The Bertz CT molecular complexity index is 1050.